The van der Waals surface area contributed by atoms with E-state index in [-0.39, 0.29) is 17.9 Å². The van der Waals surface area contributed by atoms with Gasteiger partial charge < -0.3 is 10.0 Å². The molecule has 1 saturated heterocycles. The van der Waals surface area contributed by atoms with E-state index in [0.29, 0.717) is 24.1 Å². The molecular weight excluding hydrogens is 242 g/mol. The van der Waals surface area contributed by atoms with Crippen LogP contribution in [0.2, 0.25) is 0 Å². The van der Waals surface area contributed by atoms with E-state index in [9.17, 15) is 9.90 Å². The molecule has 4 rings (SSSR count). The van der Waals surface area contributed by atoms with Crippen molar-refractivity contribution in [1.29, 1.82) is 0 Å². The van der Waals surface area contributed by atoms with Gasteiger partial charge in [-0.05, 0) is 37.7 Å². The predicted octanol–water partition coefficient (Wildman–Crippen LogP) is 1.13. The lowest BCUT2D eigenvalue weighted by atomic mass is 10.00. The number of carbonyl (C=O) groups is 1. The summed E-state index contributed by atoms with van der Waals surface area (Å²) in [6.45, 7) is 1.47. The molecule has 5 nitrogen and oxygen atoms in total. The molecule has 0 bridgehead atoms. The van der Waals surface area contributed by atoms with E-state index < -0.39 is 0 Å². The number of H-pyrrole nitrogens is 1. The van der Waals surface area contributed by atoms with Crippen molar-refractivity contribution < 1.29 is 9.90 Å². The fourth-order valence-electron chi connectivity index (χ4n) is 3.61. The Hall–Kier alpha value is -1.36. The van der Waals surface area contributed by atoms with Crippen LogP contribution in [0, 0.1) is 11.8 Å². The van der Waals surface area contributed by atoms with Gasteiger partial charge >= 0.3 is 0 Å². The summed E-state index contributed by atoms with van der Waals surface area (Å²) in [4.78, 5) is 14.3. The molecule has 0 unspecified atom stereocenters. The molecule has 0 spiro atoms. The molecular formula is C14H19N3O2. The monoisotopic (exact) mass is 261 g/mol. The van der Waals surface area contributed by atoms with Crippen molar-refractivity contribution in [2.75, 3.05) is 13.1 Å². The number of rotatable bonds is 2. The smallest absolute Gasteiger partial charge is 0.274 e. The number of nitrogens with zero attached hydrogens (tertiary/aromatic N) is 2. The Bertz CT molecular complexity index is 509. The van der Waals surface area contributed by atoms with Crippen molar-refractivity contribution in [2.24, 2.45) is 11.8 Å². The van der Waals surface area contributed by atoms with Gasteiger partial charge in [-0.2, -0.15) is 5.10 Å². The highest BCUT2D eigenvalue weighted by molar-refractivity contribution is 5.92. The molecule has 3 aliphatic rings. The number of carbonyl (C=O) groups excluding carboxylic acids is 1. The van der Waals surface area contributed by atoms with E-state index in [1.165, 1.54) is 12.8 Å². The average Bonchev–Trinajstić information content (AvgIpc) is 2.88. The molecule has 3 atom stereocenters. The number of hydrogen-bond donors (Lipinski definition) is 2. The normalized spacial score (nSPS) is 33.7. The Morgan fingerprint density at radius 2 is 2.16 bits per heavy atom. The van der Waals surface area contributed by atoms with Crippen LogP contribution >= 0.6 is 0 Å². The van der Waals surface area contributed by atoms with Gasteiger partial charge in [-0.3, -0.25) is 9.89 Å². The summed E-state index contributed by atoms with van der Waals surface area (Å²) in [5.41, 5.74) is 1.64. The molecule has 5 heteroatoms. The summed E-state index contributed by atoms with van der Waals surface area (Å²) >= 11 is 0. The third-order valence-corrected chi connectivity index (χ3v) is 4.94. The number of fused-ring (bicyclic) bond motifs is 1. The van der Waals surface area contributed by atoms with Crippen LogP contribution in [0.1, 0.15) is 47.8 Å². The maximum absolute atomic E-state index is 12.4. The average molecular weight is 261 g/mol. The molecule has 102 valence electrons. The van der Waals surface area contributed by atoms with Gasteiger partial charge in [-0.25, -0.2) is 0 Å². The second-order valence-corrected chi connectivity index (χ2v) is 6.26. The Morgan fingerprint density at radius 3 is 2.89 bits per heavy atom. The minimum absolute atomic E-state index is 0.0183. The summed E-state index contributed by atoms with van der Waals surface area (Å²) in [7, 11) is 0. The van der Waals surface area contributed by atoms with E-state index in [0.717, 1.165) is 25.1 Å². The maximum atomic E-state index is 12.4. The molecule has 3 fully saturated rings. The standard InChI is InChI=1S/C14H19N3O2/c18-13-4-3-9-6-17(7-10(9)13)14(19)12-5-11(15-16-12)8-1-2-8/h5,8-10,13,18H,1-4,6-7H2,(H,15,16)/t9-,10+,13-/m1/s1. The van der Waals surface area contributed by atoms with Crippen molar-refractivity contribution in [2.45, 2.75) is 37.7 Å². The summed E-state index contributed by atoms with van der Waals surface area (Å²) in [5, 5.41) is 17.0. The van der Waals surface area contributed by atoms with Crippen LogP contribution in [0.15, 0.2) is 6.07 Å². The van der Waals surface area contributed by atoms with Crippen molar-refractivity contribution in [3.63, 3.8) is 0 Å². The largest absolute Gasteiger partial charge is 0.393 e. The zero-order valence-corrected chi connectivity index (χ0v) is 10.9. The van der Waals surface area contributed by atoms with Crippen molar-refractivity contribution in [3.05, 3.63) is 17.5 Å². The zero-order chi connectivity index (χ0) is 13.0. The molecule has 1 amide bonds. The van der Waals surface area contributed by atoms with Crippen LogP contribution in [-0.4, -0.2) is 45.3 Å². The van der Waals surface area contributed by atoms with Gasteiger partial charge in [0, 0.05) is 30.6 Å². The first-order valence-electron chi connectivity index (χ1n) is 7.25. The molecule has 2 heterocycles. The van der Waals surface area contributed by atoms with E-state index in [1.54, 1.807) is 0 Å². The number of hydrogen-bond acceptors (Lipinski definition) is 3. The summed E-state index contributed by atoms with van der Waals surface area (Å²) < 4.78 is 0. The van der Waals surface area contributed by atoms with E-state index >= 15 is 0 Å². The highest BCUT2D eigenvalue weighted by Crippen LogP contribution is 2.40. The van der Waals surface area contributed by atoms with E-state index in [4.69, 9.17) is 0 Å². The minimum Gasteiger partial charge on any atom is -0.393 e. The molecule has 1 aromatic heterocycles. The summed E-state index contributed by atoms with van der Waals surface area (Å²) in [6.07, 6.45) is 4.13. The van der Waals surface area contributed by atoms with Gasteiger partial charge in [0.15, 0.2) is 0 Å². The molecule has 19 heavy (non-hydrogen) atoms. The molecule has 1 aliphatic heterocycles. The van der Waals surface area contributed by atoms with Gasteiger partial charge in [0.1, 0.15) is 5.69 Å². The predicted molar refractivity (Wildman–Crippen MR) is 68.7 cm³/mol. The number of likely N-dealkylation sites (tertiary alicyclic amines) is 1. The number of aromatic amines is 1. The minimum atomic E-state index is -0.219. The van der Waals surface area contributed by atoms with Crippen LogP contribution < -0.4 is 0 Å². The highest BCUT2D eigenvalue weighted by atomic mass is 16.3. The fourth-order valence-corrected chi connectivity index (χ4v) is 3.61. The van der Waals surface area contributed by atoms with Gasteiger partial charge in [0.2, 0.25) is 0 Å². The number of aliphatic hydroxyl groups is 1. The molecule has 2 saturated carbocycles. The first kappa shape index (κ1) is 11.5. The van der Waals surface area contributed by atoms with Crippen LogP contribution in [-0.2, 0) is 0 Å². The van der Waals surface area contributed by atoms with Crippen LogP contribution in [0.5, 0.6) is 0 Å². The molecule has 2 aliphatic carbocycles. The third-order valence-electron chi connectivity index (χ3n) is 4.94. The second kappa shape index (κ2) is 4.07. The van der Waals surface area contributed by atoms with Crippen LogP contribution in [0.25, 0.3) is 0 Å². The molecule has 0 radical (unpaired) electrons. The van der Waals surface area contributed by atoms with Crippen molar-refractivity contribution in [1.82, 2.24) is 15.1 Å². The second-order valence-electron chi connectivity index (χ2n) is 6.26. The molecule has 0 aromatic carbocycles. The summed E-state index contributed by atoms with van der Waals surface area (Å²) in [6, 6.07) is 1.91. The van der Waals surface area contributed by atoms with Gasteiger partial charge in [-0.1, -0.05) is 0 Å². The van der Waals surface area contributed by atoms with Crippen molar-refractivity contribution >= 4 is 5.91 Å². The van der Waals surface area contributed by atoms with Gasteiger partial charge in [-0.15, -0.1) is 0 Å². The molecule has 1 aromatic rings. The highest BCUT2D eigenvalue weighted by Gasteiger charge is 2.43. The van der Waals surface area contributed by atoms with Gasteiger partial charge in [0.25, 0.3) is 5.91 Å². The third kappa shape index (κ3) is 1.87. The first-order valence-corrected chi connectivity index (χ1v) is 7.25. The lowest BCUT2D eigenvalue weighted by Gasteiger charge is -2.17. The Morgan fingerprint density at radius 1 is 1.32 bits per heavy atom. The van der Waals surface area contributed by atoms with Crippen LogP contribution in [0.4, 0.5) is 0 Å². The number of amides is 1. The lowest BCUT2D eigenvalue weighted by Crippen LogP contribution is -2.31. The maximum Gasteiger partial charge on any atom is 0.274 e. The zero-order valence-electron chi connectivity index (χ0n) is 10.9. The van der Waals surface area contributed by atoms with E-state index in [2.05, 4.69) is 10.2 Å². The SMILES string of the molecule is O=C(c1cc(C2CC2)[nH]n1)N1C[C@H]2CC[C@@H](O)[C@H]2C1. The molecule has 2 N–H and O–H groups in total. The Kier molecular flexibility index (Phi) is 2.45. The number of nitrogens with one attached hydrogen (secondary N) is 1. The topological polar surface area (TPSA) is 69.2 Å². The number of aromatic nitrogens is 2. The lowest BCUT2D eigenvalue weighted by molar-refractivity contribution is 0.0746. The quantitative estimate of drug-likeness (QED) is 0.838. The first-order chi connectivity index (χ1) is 9.22. The van der Waals surface area contributed by atoms with Crippen molar-refractivity contribution in [3.8, 4) is 0 Å². The summed E-state index contributed by atoms with van der Waals surface area (Å²) in [5.74, 6) is 1.38. The number of aliphatic hydroxyl groups excluding tert-OH is 1. The van der Waals surface area contributed by atoms with E-state index in [1.807, 2.05) is 11.0 Å². The van der Waals surface area contributed by atoms with Crippen LogP contribution in [0.3, 0.4) is 0 Å². The fraction of sp³-hybridized carbons (Fsp3) is 0.714. The Labute approximate surface area is 112 Å². The Balaban J connectivity index is 1.48. The van der Waals surface area contributed by atoms with Gasteiger partial charge in [0.05, 0.1) is 6.10 Å².